The van der Waals surface area contributed by atoms with Gasteiger partial charge in [-0.3, -0.25) is 0 Å². The van der Waals surface area contributed by atoms with Crippen molar-refractivity contribution < 1.29 is 4.74 Å². The van der Waals surface area contributed by atoms with E-state index in [2.05, 4.69) is 20.1 Å². The second kappa shape index (κ2) is 4.59. The predicted octanol–water partition coefficient (Wildman–Crippen LogP) is 1.71. The third kappa shape index (κ3) is 1.85. The summed E-state index contributed by atoms with van der Waals surface area (Å²) >= 11 is 6.05. The van der Waals surface area contributed by atoms with E-state index in [0.29, 0.717) is 5.02 Å². The van der Waals surface area contributed by atoms with Crippen LogP contribution in [-0.4, -0.2) is 28.4 Å². The molecule has 0 saturated heterocycles. The molecule has 5 nitrogen and oxygen atoms in total. The summed E-state index contributed by atoms with van der Waals surface area (Å²) in [5, 5.41) is 12.4. The third-order valence-electron chi connectivity index (χ3n) is 3.03. The van der Waals surface area contributed by atoms with Crippen LogP contribution in [0.4, 0.5) is 0 Å². The van der Waals surface area contributed by atoms with Crippen LogP contribution in [0.5, 0.6) is 5.75 Å². The first-order chi connectivity index (χ1) is 8.79. The molecule has 0 spiro atoms. The number of hydrogen-bond donors (Lipinski definition) is 1. The lowest BCUT2D eigenvalue weighted by Crippen LogP contribution is -2.28. The fourth-order valence-electron chi connectivity index (χ4n) is 2.15. The van der Waals surface area contributed by atoms with Gasteiger partial charge in [-0.2, -0.15) is 0 Å². The Hall–Kier alpha value is -1.59. The topological polar surface area (TPSA) is 52.0 Å². The molecule has 0 radical (unpaired) electrons. The summed E-state index contributed by atoms with van der Waals surface area (Å²) in [6.07, 6.45) is 0. The van der Waals surface area contributed by atoms with E-state index in [0.717, 1.165) is 42.6 Å². The minimum atomic E-state index is 0.664. The number of hydrogen-bond acceptors (Lipinski definition) is 4. The maximum absolute atomic E-state index is 6.05. The molecule has 2 aromatic rings. The molecule has 1 aliphatic heterocycles. The number of benzene rings is 1. The van der Waals surface area contributed by atoms with E-state index < -0.39 is 0 Å². The van der Waals surface area contributed by atoms with E-state index in [1.807, 2.05) is 12.1 Å². The van der Waals surface area contributed by atoms with Crippen molar-refractivity contribution in [1.82, 2.24) is 20.1 Å². The Bertz CT molecular complexity index is 581. The van der Waals surface area contributed by atoms with Crippen LogP contribution in [0, 0.1) is 0 Å². The molecule has 0 aliphatic carbocycles. The van der Waals surface area contributed by atoms with Crippen molar-refractivity contribution >= 4 is 11.6 Å². The molecular formula is C12H13ClN4O. The van der Waals surface area contributed by atoms with Crippen molar-refractivity contribution in [2.75, 3.05) is 13.7 Å². The van der Waals surface area contributed by atoms with Crippen molar-refractivity contribution in [3.8, 4) is 17.1 Å². The largest absolute Gasteiger partial charge is 0.496 e. The van der Waals surface area contributed by atoms with Crippen LogP contribution in [0.15, 0.2) is 18.2 Å². The van der Waals surface area contributed by atoms with Gasteiger partial charge in [0.1, 0.15) is 11.6 Å². The lowest BCUT2D eigenvalue weighted by Gasteiger charge is -2.17. The number of ether oxygens (including phenoxy) is 1. The van der Waals surface area contributed by atoms with E-state index in [1.54, 1.807) is 13.2 Å². The van der Waals surface area contributed by atoms with Crippen molar-refractivity contribution in [2.45, 2.75) is 13.1 Å². The average Bonchev–Trinajstić information content (AvgIpc) is 2.82. The minimum absolute atomic E-state index is 0.664. The smallest absolute Gasteiger partial charge is 0.167 e. The molecule has 1 aromatic carbocycles. The summed E-state index contributed by atoms with van der Waals surface area (Å²) < 4.78 is 7.46. The minimum Gasteiger partial charge on any atom is -0.496 e. The zero-order valence-corrected chi connectivity index (χ0v) is 10.7. The zero-order valence-electron chi connectivity index (χ0n) is 9.98. The monoisotopic (exact) mass is 264 g/mol. The molecule has 0 unspecified atom stereocenters. The van der Waals surface area contributed by atoms with Gasteiger partial charge in [-0.15, -0.1) is 10.2 Å². The second-order valence-electron chi connectivity index (χ2n) is 4.11. The average molecular weight is 265 g/mol. The molecule has 0 saturated carbocycles. The molecule has 0 bridgehead atoms. The maximum Gasteiger partial charge on any atom is 0.167 e. The fraction of sp³-hybridized carbons (Fsp3) is 0.333. The van der Waals surface area contributed by atoms with Gasteiger partial charge in [-0.1, -0.05) is 11.6 Å². The fourth-order valence-corrected chi connectivity index (χ4v) is 2.32. The highest BCUT2D eigenvalue weighted by atomic mass is 35.5. The SMILES string of the molecule is COc1ccc(Cl)cc1-c1nnc2n1CCNC2. The van der Waals surface area contributed by atoms with Crippen LogP contribution in [-0.2, 0) is 13.1 Å². The summed E-state index contributed by atoms with van der Waals surface area (Å²) in [6, 6.07) is 5.51. The van der Waals surface area contributed by atoms with Crippen LogP contribution >= 0.6 is 11.6 Å². The van der Waals surface area contributed by atoms with E-state index in [4.69, 9.17) is 16.3 Å². The van der Waals surface area contributed by atoms with Crippen LogP contribution in [0.3, 0.4) is 0 Å². The molecule has 1 aromatic heterocycles. The first kappa shape index (κ1) is 11.5. The number of aromatic nitrogens is 3. The number of halogens is 1. The number of nitrogens with one attached hydrogen (secondary N) is 1. The Morgan fingerprint density at radius 3 is 3.11 bits per heavy atom. The van der Waals surface area contributed by atoms with Gasteiger partial charge in [0.05, 0.1) is 19.2 Å². The molecule has 1 aliphatic rings. The van der Waals surface area contributed by atoms with Crippen molar-refractivity contribution in [2.24, 2.45) is 0 Å². The molecular weight excluding hydrogens is 252 g/mol. The van der Waals surface area contributed by atoms with Gasteiger partial charge < -0.3 is 14.6 Å². The van der Waals surface area contributed by atoms with Crippen LogP contribution in [0.2, 0.25) is 5.02 Å². The Balaban J connectivity index is 2.14. The van der Waals surface area contributed by atoms with Crippen LogP contribution in [0.25, 0.3) is 11.4 Å². The highest BCUT2D eigenvalue weighted by Gasteiger charge is 2.19. The Morgan fingerprint density at radius 2 is 2.28 bits per heavy atom. The van der Waals surface area contributed by atoms with Crippen molar-refractivity contribution in [3.63, 3.8) is 0 Å². The van der Waals surface area contributed by atoms with E-state index in [1.165, 1.54) is 0 Å². The first-order valence-electron chi connectivity index (χ1n) is 5.76. The summed E-state index contributed by atoms with van der Waals surface area (Å²) in [5.41, 5.74) is 0.880. The van der Waals surface area contributed by atoms with E-state index in [-0.39, 0.29) is 0 Å². The van der Waals surface area contributed by atoms with Gasteiger partial charge in [0.15, 0.2) is 5.82 Å². The van der Waals surface area contributed by atoms with Gasteiger partial charge in [0.2, 0.25) is 0 Å². The molecule has 1 N–H and O–H groups in total. The standard InChI is InChI=1S/C12H13ClN4O/c1-18-10-3-2-8(13)6-9(10)12-16-15-11-7-14-4-5-17(11)12/h2-3,6,14H,4-5,7H2,1H3. The molecule has 0 atom stereocenters. The highest BCUT2D eigenvalue weighted by molar-refractivity contribution is 6.30. The third-order valence-corrected chi connectivity index (χ3v) is 3.26. The molecule has 18 heavy (non-hydrogen) atoms. The molecule has 0 fully saturated rings. The molecule has 3 rings (SSSR count). The normalized spacial score (nSPS) is 14.3. The molecule has 0 amide bonds. The molecule has 6 heteroatoms. The summed E-state index contributed by atoms with van der Waals surface area (Å²) in [6.45, 7) is 2.52. The first-order valence-corrected chi connectivity index (χ1v) is 6.14. The van der Waals surface area contributed by atoms with Crippen molar-refractivity contribution in [1.29, 1.82) is 0 Å². The van der Waals surface area contributed by atoms with Gasteiger partial charge in [0, 0.05) is 18.1 Å². The van der Waals surface area contributed by atoms with Gasteiger partial charge in [0.25, 0.3) is 0 Å². The van der Waals surface area contributed by atoms with E-state index in [9.17, 15) is 0 Å². The Labute approximate surface area is 110 Å². The Kier molecular flexibility index (Phi) is 2.93. The van der Waals surface area contributed by atoms with Crippen molar-refractivity contribution in [3.05, 3.63) is 29.0 Å². The molecule has 2 heterocycles. The lowest BCUT2D eigenvalue weighted by molar-refractivity contribution is 0.415. The molecule has 94 valence electrons. The number of rotatable bonds is 2. The summed E-state index contributed by atoms with van der Waals surface area (Å²) in [4.78, 5) is 0. The Morgan fingerprint density at radius 1 is 1.39 bits per heavy atom. The number of nitrogens with zero attached hydrogens (tertiary/aromatic N) is 3. The van der Waals surface area contributed by atoms with Crippen LogP contribution in [0.1, 0.15) is 5.82 Å². The van der Waals surface area contributed by atoms with Gasteiger partial charge in [-0.25, -0.2) is 0 Å². The highest BCUT2D eigenvalue weighted by Crippen LogP contribution is 2.32. The van der Waals surface area contributed by atoms with Gasteiger partial charge >= 0.3 is 0 Å². The van der Waals surface area contributed by atoms with E-state index >= 15 is 0 Å². The second-order valence-corrected chi connectivity index (χ2v) is 4.55. The summed E-state index contributed by atoms with van der Waals surface area (Å²) in [5.74, 6) is 2.51. The number of fused-ring (bicyclic) bond motifs is 1. The number of methoxy groups -OCH3 is 1. The quantitative estimate of drug-likeness (QED) is 0.897. The zero-order chi connectivity index (χ0) is 12.5. The van der Waals surface area contributed by atoms with Crippen LogP contribution < -0.4 is 10.1 Å². The predicted molar refractivity (Wildman–Crippen MR) is 68.7 cm³/mol. The maximum atomic E-state index is 6.05. The lowest BCUT2D eigenvalue weighted by atomic mass is 10.2. The van der Waals surface area contributed by atoms with Gasteiger partial charge in [-0.05, 0) is 18.2 Å². The summed E-state index contributed by atoms with van der Waals surface area (Å²) in [7, 11) is 1.64.